The van der Waals surface area contributed by atoms with E-state index in [1.165, 1.54) is 77.0 Å². The van der Waals surface area contributed by atoms with Gasteiger partial charge in [0.25, 0.3) is 0 Å². The maximum absolute atomic E-state index is 12.3. The van der Waals surface area contributed by atoms with Gasteiger partial charge in [0.2, 0.25) is 17.7 Å². The molecule has 0 radical (unpaired) electrons. The second-order valence-electron chi connectivity index (χ2n) is 19.9. The maximum Gasteiger partial charge on any atom is 0.326 e. The molecule has 0 aromatic rings. The fourth-order valence-electron chi connectivity index (χ4n) is 7.86. The second kappa shape index (κ2) is 51.9. The molecule has 0 saturated carbocycles. The minimum atomic E-state index is -1.13. The van der Waals surface area contributed by atoms with Crippen LogP contribution in [0.25, 0.3) is 0 Å². The molecule has 4 N–H and O–H groups in total. The minimum absolute atomic E-state index is 0.0546. The Morgan fingerprint density at radius 3 is 1.34 bits per heavy atom. The zero-order chi connectivity index (χ0) is 54.7. The number of amides is 3. The Labute approximate surface area is 441 Å². The summed E-state index contributed by atoms with van der Waals surface area (Å²) in [5.41, 5.74) is 0. The number of Topliss-reactive ketones (excluding diaryl/α,β-unsaturated/α-hetero) is 4. The summed E-state index contributed by atoms with van der Waals surface area (Å²) in [7, 11) is 0. The number of aliphatic carboxylic acids is 1. The van der Waals surface area contributed by atoms with Crippen molar-refractivity contribution >= 4 is 46.8 Å². The Kier molecular flexibility index (Phi) is 50.8. The minimum Gasteiger partial charge on any atom is -0.480 e. The molecule has 426 valence electrons. The first-order chi connectivity index (χ1) is 35.0. The van der Waals surface area contributed by atoms with Crippen molar-refractivity contribution < 1.29 is 62.4 Å². The Balaban J connectivity index is 0. The maximum atomic E-state index is 12.3. The molecule has 0 aliphatic carbocycles. The van der Waals surface area contributed by atoms with Crippen molar-refractivity contribution in [2.45, 2.75) is 234 Å². The monoisotopic (exact) mass is 1040 g/mol. The van der Waals surface area contributed by atoms with Crippen LogP contribution in [0.5, 0.6) is 0 Å². The van der Waals surface area contributed by atoms with Gasteiger partial charge in [-0.3, -0.25) is 33.6 Å². The van der Waals surface area contributed by atoms with Crippen LogP contribution in [-0.2, 0) is 57.3 Å². The van der Waals surface area contributed by atoms with E-state index in [0.29, 0.717) is 32.5 Å². The number of ketones is 4. The molecule has 73 heavy (non-hydrogen) atoms. The van der Waals surface area contributed by atoms with Gasteiger partial charge in [0.05, 0.1) is 33.0 Å². The third-order valence-electron chi connectivity index (χ3n) is 13.2. The molecule has 0 spiro atoms. The zero-order valence-corrected chi connectivity index (χ0v) is 47.0. The summed E-state index contributed by atoms with van der Waals surface area (Å²) < 4.78 is 21.5. The van der Waals surface area contributed by atoms with E-state index in [1.807, 2.05) is 20.8 Å². The summed E-state index contributed by atoms with van der Waals surface area (Å²) in [4.78, 5) is 93.4. The SMILES string of the molecule is CC(=O)C(C)CCCCC(C)C(C)=O.CCCCCCCCCCCCCCCCCC(=O)NC(CCC(=O)CCCOCCOCC(=O)NCCOCCOCC(=O)NCCCC[C@H](CC)C(C)=O)C(=O)O. The van der Waals surface area contributed by atoms with Gasteiger partial charge in [0, 0.05) is 56.7 Å². The van der Waals surface area contributed by atoms with E-state index < -0.39 is 12.0 Å². The van der Waals surface area contributed by atoms with Crippen LogP contribution >= 0.6 is 0 Å². The van der Waals surface area contributed by atoms with E-state index in [4.69, 9.17) is 18.9 Å². The summed E-state index contributed by atoms with van der Waals surface area (Å²) in [6.45, 7) is 15.4. The van der Waals surface area contributed by atoms with Gasteiger partial charge in [-0.25, -0.2) is 4.79 Å². The van der Waals surface area contributed by atoms with Crippen molar-refractivity contribution in [2.24, 2.45) is 17.8 Å². The molecule has 3 amide bonds. The highest BCUT2D eigenvalue weighted by Crippen LogP contribution is 2.16. The first-order valence-corrected chi connectivity index (χ1v) is 28.4. The first kappa shape index (κ1) is 71.5. The lowest BCUT2D eigenvalue weighted by atomic mass is 9.95. The predicted octanol–water partition coefficient (Wildman–Crippen LogP) is 10.0. The Morgan fingerprint density at radius 2 is 0.877 bits per heavy atom. The molecule has 3 unspecified atom stereocenters. The molecule has 0 aliphatic heterocycles. The molecule has 0 bridgehead atoms. The standard InChI is InChI=1S/C45H83N3O11.C12H22O2/c1-4-6-7-8-9-10-11-12-13-14-15-16-17-18-19-25-42(51)48-41(45(54)55)27-26-40(50)24-22-30-56-32-34-58-37-44(53)47-29-31-57-33-35-59-36-43(52)46-28-21-20-23-39(5-2)38(3)49;1-9(11(3)13)7-5-6-8-10(2)12(4)14/h39,41H,4-37H2,1-3H3,(H,46,52)(H,47,53)(H,48,51)(H,54,55);9-10H,5-8H2,1-4H3/t39-,41?;/m0./s1. The van der Waals surface area contributed by atoms with Gasteiger partial charge in [-0.1, -0.05) is 137 Å². The number of rotatable bonds is 52. The molecule has 16 heteroatoms. The normalized spacial score (nSPS) is 12.7. The predicted molar refractivity (Wildman–Crippen MR) is 288 cm³/mol. The highest BCUT2D eigenvalue weighted by Gasteiger charge is 2.21. The lowest BCUT2D eigenvalue weighted by molar-refractivity contribution is -0.142. The molecule has 4 atom stereocenters. The van der Waals surface area contributed by atoms with Gasteiger partial charge < -0.3 is 40.0 Å². The van der Waals surface area contributed by atoms with E-state index in [0.717, 1.165) is 70.6 Å². The topological polar surface area (TPSA) is 230 Å². The molecule has 0 fully saturated rings. The van der Waals surface area contributed by atoms with Crippen molar-refractivity contribution in [3.63, 3.8) is 0 Å². The molecule has 0 aromatic carbocycles. The Bertz CT molecular complexity index is 1420. The van der Waals surface area contributed by atoms with Crippen molar-refractivity contribution in [1.82, 2.24) is 16.0 Å². The molecular formula is C57H105N3O13. The summed E-state index contributed by atoms with van der Waals surface area (Å²) >= 11 is 0. The van der Waals surface area contributed by atoms with Gasteiger partial charge in [-0.2, -0.15) is 0 Å². The molecule has 0 aromatic heterocycles. The summed E-state index contributed by atoms with van der Waals surface area (Å²) in [5.74, 6) is -0.764. The molecular weight excluding hydrogens is 935 g/mol. The van der Waals surface area contributed by atoms with Gasteiger partial charge in [0.15, 0.2) is 0 Å². The number of carbonyl (C=O) groups excluding carboxylic acids is 7. The number of carbonyl (C=O) groups is 8. The Hall–Kier alpha value is -3.60. The highest BCUT2D eigenvalue weighted by molar-refractivity contribution is 5.85. The average Bonchev–Trinajstić information content (AvgIpc) is 3.35. The van der Waals surface area contributed by atoms with E-state index in [9.17, 15) is 43.5 Å². The van der Waals surface area contributed by atoms with Crippen LogP contribution in [0, 0.1) is 17.8 Å². The van der Waals surface area contributed by atoms with Gasteiger partial charge >= 0.3 is 5.97 Å². The van der Waals surface area contributed by atoms with E-state index >= 15 is 0 Å². The van der Waals surface area contributed by atoms with Crippen LogP contribution < -0.4 is 16.0 Å². The van der Waals surface area contributed by atoms with E-state index in [-0.39, 0.29) is 124 Å². The van der Waals surface area contributed by atoms with Gasteiger partial charge in [0.1, 0.15) is 42.4 Å². The number of hydrogen-bond donors (Lipinski definition) is 4. The van der Waals surface area contributed by atoms with Crippen LogP contribution in [0.2, 0.25) is 0 Å². The fraction of sp³-hybridized carbons (Fsp3) is 0.860. The van der Waals surface area contributed by atoms with Crippen LogP contribution in [0.3, 0.4) is 0 Å². The number of ether oxygens (including phenoxy) is 4. The van der Waals surface area contributed by atoms with Crippen LogP contribution in [0.15, 0.2) is 0 Å². The highest BCUT2D eigenvalue weighted by atomic mass is 16.5. The molecule has 16 nitrogen and oxygen atoms in total. The van der Waals surface area contributed by atoms with Crippen molar-refractivity contribution in [2.75, 3.05) is 65.9 Å². The lowest BCUT2D eigenvalue weighted by Gasteiger charge is -2.14. The quantitative estimate of drug-likeness (QED) is 0.0416. The van der Waals surface area contributed by atoms with Crippen LogP contribution in [0.4, 0.5) is 0 Å². The average molecular weight is 1040 g/mol. The van der Waals surface area contributed by atoms with Crippen molar-refractivity contribution in [3.05, 3.63) is 0 Å². The first-order valence-electron chi connectivity index (χ1n) is 28.4. The van der Waals surface area contributed by atoms with E-state index in [2.05, 4.69) is 22.9 Å². The molecule has 0 heterocycles. The third-order valence-corrected chi connectivity index (χ3v) is 13.2. The van der Waals surface area contributed by atoms with Crippen LogP contribution in [0.1, 0.15) is 228 Å². The summed E-state index contributed by atoms with van der Waals surface area (Å²) in [6, 6.07) is -1.08. The largest absolute Gasteiger partial charge is 0.480 e. The number of unbranched alkanes of at least 4 members (excludes halogenated alkanes) is 16. The van der Waals surface area contributed by atoms with Crippen molar-refractivity contribution in [1.29, 1.82) is 0 Å². The van der Waals surface area contributed by atoms with Crippen molar-refractivity contribution in [3.8, 4) is 0 Å². The van der Waals surface area contributed by atoms with Gasteiger partial charge in [-0.05, 0) is 72.1 Å². The number of carboxylic acid groups (broad SMARTS) is 1. The number of carboxylic acids is 1. The van der Waals surface area contributed by atoms with Gasteiger partial charge in [-0.15, -0.1) is 0 Å². The molecule has 0 saturated heterocycles. The summed E-state index contributed by atoms with van der Waals surface area (Å²) in [6.07, 6.45) is 27.2. The molecule has 0 rings (SSSR count). The number of hydrogen-bond acceptors (Lipinski definition) is 12. The Morgan fingerprint density at radius 1 is 0.425 bits per heavy atom. The smallest absolute Gasteiger partial charge is 0.326 e. The lowest BCUT2D eigenvalue weighted by Crippen LogP contribution is -2.41. The second-order valence-corrected chi connectivity index (χ2v) is 19.9. The third kappa shape index (κ3) is 50.3. The molecule has 0 aliphatic rings. The fourth-order valence-corrected chi connectivity index (χ4v) is 7.86. The summed E-state index contributed by atoms with van der Waals surface area (Å²) in [5, 5.41) is 17.6. The van der Waals surface area contributed by atoms with E-state index in [1.54, 1.807) is 20.8 Å². The van der Waals surface area contributed by atoms with Crippen LogP contribution in [-0.4, -0.2) is 124 Å². The number of nitrogens with one attached hydrogen (secondary N) is 3. The zero-order valence-electron chi connectivity index (χ0n) is 47.0.